The first-order valence-electron chi connectivity index (χ1n) is 9.64. The molecule has 8 heteroatoms. The molecule has 0 bridgehead atoms. The first-order valence-corrected chi connectivity index (χ1v) is 11.5. The number of carbonyl (C=O) groups is 1. The third kappa shape index (κ3) is 5.43. The van der Waals surface area contributed by atoms with Crippen molar-refractivity contribution in [3.05, 3.63) is 24.3 Å². The highest BCUT2D eigenvalue weighted by Crippen LogP contribution is 2.20. The molecule has 0 spiro atoms. The monoisotopic (exact) mass is 394 g/mol. The topological polar surface area (TPSA) is 73.0 Å². The fraction of sp³-hybridized carbons (Fsp3) is 0.632. The molecule has 3 rings (SSSR count). The molecule has 2 fully saturated rings. The number of anilines is 2. The summed E-state index contributed by atoms with van der Waals surface area (Å²) in [4.78, 5) is 19.0. The maximum absolute atomic E-state index is 12.4. The maximum Gasteiger partial charge on any atom is 0.238 e. The number of carbonyl (C=O) groups excluding carboxylic acids is 1. The molecule has 0 aromatic heterocycles. The van der Waals surface area contributed by atoms with E-state index < -0.39 is 9.84 Å². The summed E-state index contributed by atoms with van der Waals surface area (Å²) < 4.78 is 23.4. The average molecular weight is 395 g/mol. The zero-order chi connectivity index (χ0) is 19.4. The van der Waals surface area contributed by atoms with Gasteiger partial charge in [0.15, 0.2) is 9.84 Å². The minimum absolute atomic E-state index is 0.0506. The van der Waals surface area contributed by atoms with Crippen LogP contribution in [0.15, 0.2) is 24.3 Å². The zero-order valence-corrected chi connectivity index (χ0v) is 17.0. The number of nitrogens with zero attached hydrogens (tertiary/aromatic N) is 3. The van der Waals surface area contributed by atoms with Gasteiger partial charge in [-0.2, -0.15) is 0 Å². The summed E-state index contributed by atoms with van der Waals surface area (Å²) in [5.41, 5.74) is 1.94. The summed E-state index contributed by atoms with van der Waals surface area (Å²) in [5, 5.41) is 2.93. The van der Waals surface area contributed by atoms with Crippen molar-refractivity contribution in [1.29, 1.82) is 0 Å². The lowest BCUT2D eigenvalue weighted by Gasteiger charge is -2.34. The van der Waals surface area contributed by atoms with Gasteiger partial charge in [0.05, 0.1) is 18.1 Å². The van der Waals surface area contributed by atoms with E-state index in [1.165, 1.54) is 5.69 Å². The molecule has 1 aromatic carbocycles. The maximum atomic E-state index is 12.4. The van der Waals surface area contributed by atoms with Crippen LogP contribution in [0.2, 0.25) is 0 Å². The quantitative estimate of drug-likeness (QED) is 0.772. The van der Waals surface area contributed by atoms with E-state index >= 15 is 0 Å². The van der Waals surface area contributed by atoms with Crippen LogP contribution in [-0.2, 0) is 14.6 Å². The lowest BCUT2D eigenvalue weighted by atomic mass is 10.2. The number of likely N-dealkylation sites (N-methyl/N-ethyl adjacent to an activating group) is 2. The van der Waals surface area contributed by atoms with Crippen molar-refractivity contribution < 1.29 is 13.2 Å². The van der Waals surface area contributed by atoms with Crippen LogP contribution < -0.4 is 10.2 Å². The molecule has 27 heavy (non-hydrogen) atoms. The van der Waals surface area contributed by atoms with E-state index in [0.29, 0.717) is 13.0 Å². The Balaban J connectivity index is 1.53. The number of nitrogens with one attached hydrogen (secondary N) is 1. The Labute approximate surface area is 162 Å². The Morgan fingerprint density at radius 1 is 1.19 bits per heavy atom. The Morgan fingerprint density at radius 3 is 2.41 bits per heavy atom. The number of rotatable bonds is 6. The van der Waals surface area contributed by atoms with Crippen molar-refractivity contribution in [1.82, 2.24) is 9.80 Å². The summed E-state index contributed by atoms with van der Waals surface area (Å²) >= 11 is 0. The lowest BCUT2D eigenvalue weighted by Crippen LogP contribution is -2.44. The van der Waals surface area contributed by atoms with Crippen molar-refractivity contribution >= 4 is 27.1 Å². The van der Waals surface area contributed by atoms with Crippen LogP contribution >= 0.6 is 0 Å². The number of benzene rings is 1. The number of amides is 1. The summed E-state index contributed by atoms with van der Waals surface area (Å²) in [6, 6.07) is 7.90. The standard InChI is InChI=1S/C19H30N4O3S/c1-3-22(18-8-13-27(25,26)15-18)14-19(24)20-16-4-6-17(7-5-16)23-11-9-21(2)10-12-23/h4-7,18H,3,8-15H2,1-2H3,(H,20,24). The first kappa shape index (κ1) is 20.1. The molecule has 1 N–H and O–H groups in total. The third-order valence-corrected chi connectivity index (χ3v) is 7.25. The van der Waals surface area contributed by atoms with Crippen molar-refractivity contribution in [2.24, 2.45) is 0 Å². The summed E-state index contributed by atoms with van der Waals surface area (Å²) in [7, 11) is -0.810. The molecule has 0 aliphatic carbocycles. The second-order valence-electron chi connectivity index (χ2n) is 7.51. The zero-order valence-electron chi connectivity index (χ0n) is 16.2. The van der Waals surface area contributed by atoms with Crippen LogP contribution in [-0.4, -0.2) is 88.0 Å². The molecule has 150 valence electrons. The number of hydrogen-bond donors (Lipinski definition) is 1. The predicted molar refractivity (Wildman–Crippen MR) is 109 cm³/mol. The molecule has 2 aliphatic heterocycles. The van der Waals surface area contributed by atoms with Crippen molar-refractivity contribution in [2.75, 3.05) is 68.0 Å². The Bertz CT molecular complexity index is 743. The second-order valence-corrected chi connectivity index (χ2v) is 9.73. The normalized spacial score (nSPS) is 22.9. The van der Waals surface area contributed by atoms with Gasteiger partial charge in [0, 0.05) is 43.6 Å². The summed E-state index contributed by atoms with van der Waals surface area (Å²) in [6.45, 7) is 6.98. The van der Waals surface area contributed by atoms with Gasteiger partial charge in [-0.05, 0) is 44.3 Å². The lowest BCUT2D eigenvalue weighted by molar-refractivity contribution is -0.117. The van der Waals surface area contributed by atoms with E-state index in [-0.39, 0.29) is 30.0 Å². The van der Waals surface area contributed by atoms with Crippen LogP contribution in [0.1, 0.15) is 13.3 Å². The van der Waals surface area contributed by atoms with E-state index in [2.05, 4.69) is 22.2 Å². The number of piperazine rings is 1. The van der Waals surface area contributed by atoms with Gasteiger partial charge < -0.3 is 15.1 Å². The fourth-order valence-electron chi connectivity index (χ4n) is 3.77. The number of sulfone groups is 1. The van der Waals surface area contributed by atoms with Crippen LogP contribution in [0, 0.1) is 0 Å². The first-order chi connectivity index (χ1) is 12.9. The molecular formula is C19H30N4O3S. The molecule has 1 amide bonds. The smallest absolute Gasteiger partial charge is 0.238 e. The van der Waals surface area contributed by atoms with Crippen LogP contribution in [0.25, 0.3) is 0 Å². The fourth-order valence-corrected chi connectivity index (χ4v) is 5.53. The highest BCUT2D eigenvalue weighted by molar-refractivity contribution is 7.91. The van der Waals surface area contributed by atoms with Crippen molar-refractivity contribution in [3.8, 4) is 0 Å². The van der Waals surface area contributed by atoms with Gasteiger partial charge in [0.25, 0.3) is 0 Å². The third-order valence-electron chi connectivity index (χ3n) is 5.50. The molecule has 2 aliphatic rings. The van der Waals surface area contributed by atoms with Gasteiger partial charge in [-0.3, -0.25) is 9.69 Å². The van der Waals surface area contributed by atoms with Gasteiger partial charge in [-0.1, -0.05) is 6.92 Å². The van der Waals surface area contributed by atoms with Gasteiger partial charge in [-0.25, -0.2) is 8.42 Å². The highest BCUT2D eigenvalue weighted by Gasteiger charge is 2.32. The second kappa shape index (κ2) is 8.58. The van der Waals surface area contributed by atoms with Gasteiger partial charge >= 0.3 is 0 Å². The van der Waals surface area contributed by atoms with Crippen molar-refractivity contribution in [2.45, 2.75) is 19.4 Å². The molecule has 1 unspecified atom stereocenters. The van der Waals surface area contributed by atoms with E-state index in [1.807, 2.05) is 36.1 Å². The summed E-state index contributed by atoms with van der Waals surface area (Å²) in [5.74, 6) is 0.283. The average Bonchev–Trinajstić information content (AvgIpc) is 3.01. The summed E-state index contributed by atoms with van der Waals surface area (Å²) in [6.07, 6.45) is 0.614. The van der Waals surface area contributed by atoms with Crippen LogP contribution in [0.4, 0.5) is 11.4 Å². The minimum atomic E-state index is -2.95. The molecule has 0 radical (unpaired) electrons. The molecular weight excluding hydrogens is 364 g/mol. The van der Waals surface area contributed by atoms with E-state index in [1.54, 1.807) is 0 Å². The largest absolute Gasteiger partial charge is 0.369 e. The van der Waals surface area contributed by atoms with Crippen LogP contribution in [0.3, 0.4) is 0 Å². The van der Waals surface area contributed by atoms with Crippen molar-refractivity contribution in [3.63, 3.8) is 0 Å². The Kier molecular flexibility index (Phi) is 6.39. The minimum Gasteiger partial charge on any atom is -0.369 e. The van der Waals surface area contributed by atoms with Gasteiger partial charge in [0.1, 0.15) is 0 Å². The number of hydrogen-bond acceptors (Lipinski definition) is 6. The molecule has 0 saturated carbocycles. The van der Waals surface area contributed by atoms with Gasteiger partial charge in [-0.15, -0.1) is 0 Å². The molecule has 2 heterocycles. The highest BCUT2D eigenvalue weighted by atomic mass is 32.2. The SMILES string of the molecule is CCN(CC(=O)Nc1ccc(N2CCN(C)CC2)cc1)C1CCS(=O)(=O)C1. The molecule has 1 atom stereocenters. The van der Waals surface area contributed by atoms with E-state index in [0.717, 1.165) is 31.9 Å². The molecule has 1 aromatic rings. The Hall–Kier alpha value is -1.64. The van der Waals surface area contributed by atoms with Crippen LogP contribution in [0.5, 0.6) is 0 Å². The Morgan fingerprint density at radius 2 is 1.85 bits per heavy atom. The predicted octanol–water partition coefficient (Wildman–Crippen LogP) is 0.886. The molecule has 7 nitrogen and oxygen atoms in total. The van der Waals surface area contributed by atoms with Gasteiger partial charge in [0.2, 0.25) is 5.91 Å². The molecule has 2 saturated heterocycles. The van der Waals surface area contributed by atoms with E-state index in [4.69, 9.17) is 0 Å². The van der Waals surface area contributed by atoms with E-state index in [9.17, 15) is 13.2 Å².